The van der Waals surface area contributed by atoms with E-state index in [0.717, 1.165) is 18.8 Å². The number of anilines is 2. The number of aliphatic hydroxyl groups excluding tert-OH is 1. The van der Waals surface area contributed by atoms with Crippen LogP contribution in [0.3, 0.4) is 0 Å². The zero-order chi connectivity index (χ0) is 34.8. The first-order chi connectivity index (χ1) is 21.6. The van der Waals surface area contributed by atoms with Crippen LogP contribution < -0.4 is 28.7 Å². The topological polar surface area (TPSA) is 115 Å². The van der Waals surface area contributed by atoms with E-state index >= 15 is 0 Å². The summed E-state index contributed by atoms with van der Waals surface area (Å²) in [5, 5.41) is 9.14. The van der Waals surface area contributed by atoms with Crippen LogP contribution in [-0.4, -0.2) is 84.7 Å². The molecule has 0 aromatic heterocycles. The molecule has 1 saturated heterocycles. The van der Waals surface area contributed by atoms with Gasteiger partial charge >= 0.3 is 37.0 Å². The van der Waals surface area contributed by atoms with E-state index in [1.54, 1.807) is 88.4 Å². The molecule has 0 saturated carbocycles. The van der Waals surface area contributed by atoms with Gasteiger partial charge in [-0.05, 0) is 97.2 Å². The van der Waals surface area contributed by atoms with Gasteiger partial charge in [0.05, 0.1) is 18.8 Å². The van der Waals surface area contributed by atoms with Crippen LogP contribution in [0.2, 0.25) is 0 Å². The van der Waals surface area contributed by atoms with Crippen molar-refractivity contribution in [3.05, 3.63) is 85.0 Å². The van der Waals surface area contributed by atoms with E-state index in [2.05, 4.69) is 13.2 Å². The molecule has 0 atom stereocenters. The first-order valence-corrected chi connectivity index (χ1v) is 15.4. The van der Waals surface area contributed by atoms with E-state index in [1.165, 1.54) is 22.6 Å². The maximum absolute atomic E-state index is 12.3. The molecule has 2 amide bonds. The minimum absolute atomic E-state index is 0. The molecule has 2 aromatic rings. The standard InChI is InChI=1S/C17H23NO4.C15H21NO3.C4H8O.Al.Li.H2.4H/c1-6-11-18(16(20)22-17(3,4)5)14-10-8-9-13(12-14)15(19)21-7-2;1-5-9-16(14(18)19-15(2,3)4)13-8-6-7-12(10-13)11-17;1-2-4-5-3-1;;;;;;;/h6,8-10,12H,1,7,11H2,2-5H3;5-8,10,17H,1,9,11H2,2-4H3;1-4H2;;;1H;;;;/q;;;;+1;;;;;-1. The molecular formula is C36H58AlLiN2O8. The molecule has 0 spiro atoms. The molecular weight excluding hydrogens is 622 g/mol. The molecule has 1 fully saturated rings. The number of nitrogens with zero attached hydrogens (tertiary/aromatic N) is 2. The SMILES string of the molecule is C1CCOC1.C=CCN(C(=O)OC(C)(C)C)c1cccc(C(=O)OCC)c1.C=CCN(C(=O)OC(C)(C)C)c1cccc(CO)c1.[AlH3].[H-].[HH].[Li+]. The van der Waals surface area contributed by atoms with E-state index in [0.29, 0.717) is 30.1 Å². The number of rotatable bonds is 9. The predicted octanol–water partition coefficient (Wildman–Crippen LogP) is 3.87. The molecule has 48 heavy (non-hydrogen) atoms. The number of hydrogen-bond acceptors (Lipinski definition) is 8. The first kappa shape index (κ1) is 47.1. The van der Waals surface area contributed by atoms with Gasteiger partial charge in [0, 0.05) is 39.1 Å². The third-order valence-corrected chi connectivity index (χ3v) is 5.75. The summed E-state index contributed by atoms with van der Waals surface area (Å²) >= 11 is 0. The van der Waals surface area contributed by atoms with Crippen molar-refractivity contribution in [1.29, 1.82) is 0 Å². The Morgan fingerprint density at radius 1 is 0.875 bits per heavy atom. The smallest absolute Gasteiger partial charge is 1.00 e. The fraction of sp³-hybridized carbons (Fsp3) is 0.472. The number of ether oxygens (including phenoxy) is 4. The van der Waals surface area contributed by atoms with Gasteiger partial charge in [-0.25, -0.2) is 14.4 Å². The minimum atomic E-state index is -0.602. The van der Waals surface area contributed by atoms with E-state index in [4.69, 9.17) is 24.1 Å². The minimum Gasteiger partial charge on any atom is -1.00 e. The Hall–Kier alpha value is -3.02. The van der Waals surface area contributed by atoms with Gasteiger partial charge < -0.3 is 25.5 Å². The zero-order valence-electron chi connectivity index (χ0n) is 30.5. The van der Waals surface area contributed by atoms with Crippen LogP contribution >= 0.6 is 0 Å². The Kier molecular flexibility index (Phi) is 23.7. The maximum Gasteiger partial charge on any atom is 1.00 e. The first-order valence-electron chi connectivity index (χ1n) is 15.4. The molecule has 10 nitrogen and oxygen atoms in total. The Balaban J connectivity index is -0.000000347. The van der Waals surface area contributed by atoms with Crippen LogP contribution in [0.25, 0.3) is 0 Å². The van der Waals surface area contributed by atoms with Crippen LogP contribution in [0.15, 0.2) is 73.8 Å². The zero-order valence-corrected chi connectivity index (χ0v) is 29.5. The fourth-order valence-corrected chi connectivity index (χ4v) is 3.81. The summed E-state index contributed by atoms with van der Waals surface area (Å²) in [6.45, 7) is 22.8. The average molecular weight is 681 g/mol. The predicted molar refractivity (Wildman–Crippen MR) is 196 cm³/mol. The summed E-state index contributed by atoms with van der Waals surface area (Å²) in [5.41, 5.74) is 1.22. The third kappa shape index (κ3) is 19.1. The summed E-state index contributed by atoms with van der Waals surface area (Å²) in [5.74, 6) is -0.424. The van der Waals surface area contributed by atoms with Gasteiger partial charge in [0.25, 0.3) is 0 Å². The Labute approximate surface area is 312 Å². The second kappa shape index (κ2) is 24.2. The fourth-order valence-electron chi connectivity index (χ4n) is 3.81. The van der Waals surface area contributed by atoms with E-state index in [-0.39, 0.29) is 52.2 Å². The molecule has 0 unspecified atom stereocenters. The van der Waals surface area contributed by atoms with Crippen molar-refractivity contribution in [2.75, 3.05) is 42.7 Å². The van der Waals surface area contributed by atoms with Crippen molar-refractivity contribution in [1.82, 2.24) is 0 Å². The summed E-state index contributed by atoms with van der Waals surface area (Å²) in [6.07, 6.45) is 4.87. The number of hydrogen-bond donors (Lipinski definition) is 1. The number of benzene rings is 2. The Morgan fingerprint density at radius 2 is 1.33 bits per heavy atom. The maximum atomic E-state index is 12.3. The molecule has 1 heterocycles. The van der Waals surface area contributed by atoms with Crippen molar-refractivity contribution >= 4 is 46.9 Å². The Morgan fingerprint density at radius 3 is 1.71 bits per heavy atom. The summed E-state index contributed by atoms with van der Waals surface area (Å²) in [4.78, 5) is 39.1. The molecule has 1 aliphatic heterocycles. The molecule has 3 rings (SSSR count). The molecule has 0 radical (unpaired) electrons. The van der Waals surface area contributed by atoms with Gasteiger partial charge in [-0.1, -0.05) is 30.4 Å². The quantitative estimate of drug-likeness (QED) is 0.184. The molecule has 264 valence electrons. The molecule has 12 heteroatoms. The summed E-state index contributed by atoms with van der Waals surface area (Å²) < 4.78 is 20.6. The van der Waals surface area contributed by atoms with E-state index < -0.39 is 29.4 Å². The van der Waals surface area contributed by atoms with Crippen molar-refractivity contribution in [2.45, 2.75) is 79.1 Å². The van der Waals surface area contributed by atoms with Gasteiger partial charge in [-0.3, -0.25) is 9.80 Å². The second-order valence-corrected chi connectivity index (χ2v) is 12.2. The van der Waals surface area contributed by atoms with Crippen molar-refractivity contribution in [3.63, 3.8) is 0 Å². The monoisotopic (exact) mass is 680 g/mol. The normalized spacial score (nSPS) is 11.8. The van der Waals surface area contributed by atoms with Crippen molar-refractivity contribution in [3.8, 4) is 0 Å². The molecule has 0 aliphatic carbocycles. The Bertz CT molecular complexity index is 1280. The van der Waals surface area contributed by atoms with Crippen molar-refractivity contribution < 1.29 is 60.2 Å². The van der Waals surface area contributed by atoms with Gasteiger partial charge in [-0.15, -0.1) is 13.2 Å². The number of aliphatic hydroxyl groups is 1. The van der Waals surface area contributed by atoms with Gasteiger partial charge in [0.1, 0.15) is 11.2 Å². The van der Waals surface area contributed by atoms with E-state index in [1.807, 2.05) is 20.8 Å². The third-order valence-electron chi connectivity index (χ3n) is 5.75. The van der Waals surface area contributed by atoms with Crippen molar-refractivity contribution in [2.24, 2.45) is 0 Å². The number of carbonyl (C=O) groups is 3. The van der Waals surface area contributed by atoms with Crippen LogP contribution in [0.5, 0.6) is 0 Å². The van der Waals surface area contributed by atoms with Crippen LogP contribution in [0.4, 0.5) is 21.0 Å². The van der Waals surface area contributed by atoms with Crippen LogP contribution in [0, 0.1) is 0 Å². The van der Waals surface area contributed by atoms with Gasteiger partial charge in [-0.2, -0.15) is 0 Å². The number of carbonyl (C=O) groups excluding carboxylic acids is 3. The molecule has 0 bridgehead atoms. The van der Waals surface area contributed by atoms with Gasteiger partial charge in [0.15, 0.2) is 17.4 Å². The number of amides is 2. The summed E-state index contributed by atoms with van der Waals surface area (Å²) in [6, 6.07) is 13.8. The number of esters is 1. The average Bonchev–Trinajstić information content (AvgIpc) is 3.58. The van der Waals surface area contributed by atoms with Crippen LogP contribution in [-0.2, 0) is 25.6 Å². The molecule has 2 aromatic carbocycles. The molecule has 1 N–H and O–H groups in total. The largest absolute Gasteiger partial charge is 1.00 e. The second-order valence-electron chi connectivity index (χ2n) is 12.2. The summed E-state index contributed by atoms with van der Waals surface area (Å²) in [7, 11) is 0. The van der Waals surface area contributed by atoms with Gasteiger partial charge in [0.2, 0.25) is 0 Å². The van der Waals surface area contributed by atoms with Crippen LogP contribution in [0.1, 0.15) is 80.1 Å². The van der Waals surface area contributed by atoms with E-state index in [9.17, 15) is 14.4 Å². The molecule has 1 aliphatic rings.